The smallest absolute Gasteiger partial charge is 0.244 e. The third-order valence-corrected chi connectivity index (χ3v) is 7.76. The number of benzene rings is 2. The number of hydrogen-bond acceptors (Lipinski definition) is 7. The fourth-order valence-corrected chi connectivity index (χ4v) is 4.87. The zero-order chi connectivity index (χ0) is 27.0. The lowest BCUT2D eigenvalue weighted by atomic mass is 10.1. The van der Waals surface area contributed by atoms with Gasteiger partial charge in [-0.25, -0.2) is 8.42 Å². The summed E-state index contributed by atoms with van der Waals surface area (Å²) in [6, 6.07) is 11.1. The van der Waals surface area contributed by atoms with Crippen LogP contribution >= 0.6 is 0 Å². The number of carbonyl (C=O) groups is 2. The summed E-state index contributed by atoms with van der Waals surface area (Å²) in [6.07, 6.45) is 0.748. The molecule has 2 amide bonds. The van der Waals surface area contributed by atoms with Crippen molar-refractivity contribution in [2.24, 2.45) is 0 Å². The molecule has 0 radical (unpaired) electrons. The van der Waals surface area contributed by atoms with Gasteiger partial charge in [-0.15, -0.1) is 0 Å². The summed E-state index contributed by atoms with van der Waals surface area (Å²) in [5, 5.41) is 2.82. The molecule has 1 heterocycles. The van der Waals surface area contributed by atoms with Crippen molar-refractivity contribution in [1.29, 1.82) is 0 Å². The second-order valence-corrected chi connectivity index (χ2v) is 10.8. The van der Waals surface area contributed by atoms with Gasteiger partial charge in [0.25, 0.3) is 0 Å². The molecule has 0 saturated heterocycles. The number of nitrogens with one attached hydrogen (secondary N) is 1. The highest BCUT2D eigenvalue weighted by Gasteiger charge is 2.31. The quantitative estimate of drug-likeness (QED) is 0.446. The molecule has 3 rings (SSSR count). The van der Waals surface area contributed by atoms with Gasteiger partial charge < -0.3 is 24.4 Å². The van der Waals surface area contributed by atoms with Gasteiger partial charge in [0.15, 0.2) is 11.5 Å². The van der Waals surface area contributed by atoms with Crippen LogP contribution in [-0.4, -0.2) is 70.3 Å². The van der Waals surface area contributed by atoms with Crippen molar-refractivity contribution >= 4 is 27.5 Å². The van der Waals surface area contributed by atoms with Gasteiger partial charge in [0, 0.05) is 19.2 Å². The van der Waals surface area contributed by atoms with Crippen LogP contribution < -0.4 is 23.8 Å². The Morgan fingerprint density at radius 1 is 1.05 bits per heavy atom. The molecule has 0 aromatic heterocycles. The molecular formula is C26H35N3O7S. The van der Waals surface area contributed by atoms with Crippen molar-refractivity contribution in [2.75, 3.05) is 43.5 Å². The molecule has 10 nitrogen and oxygen atoms in total. The van der Waals surface area contributed by atoms with Crippen LogP contribution in [-0.2, 0) is 26.2 Å². The Balaban J connectivity index is 1.92. The monoisotopic (exact) mass is 533 g/mol. The fraction of sp³-hybridized carbons (Fsp3) is 0.462. The summed E-state index contributed by atoms with van der Waals surface area (Å²) in [5.41, 5.74) is 1.06. The normalized spacial score (nSPS) is 13.4. The van der Waals surface area contributed by atoms with Gasteiger partial charge in [0.2, 0.25) is 21.8 Å². The van der Waals surface area contributed by atoms with Gasteiger partial charge in [-0.1, -0.05) is 19.1 Å². The number of nitrogens with zero attached hydrogens (tertiary/aromatic N) is 2. The first kappa shape index (κ1) is 28.1. The third kappa shape index (κ3) is 7.06. The van der Waals surface area contributed by atoms with Crippen molar-refractivity contribution < 1.29 is 32.2 Å². The minimum atomic E-state index is -3.84. The molecule has 0 aliphatic carbocycles. The van der Waals surface area contributed by atoms with Gasteiger partial charge in [-0.2, -0.15) is 0 Å². The minimum Gasteiger partial charge on any atom is -0.497 e. The summed E-state index contributed by atoms with van der Waals surface area (Å²) < 4.78 is 43.6. The van der Waals surface area contributed by atoms with Crippen LogP contribution in [0.5, 0.6) is 17.2 Å². The number of sulfonamides is 1. The van der Waals surface area contributed by atoms with Crippen LogP contribution in [0.25, 0.3) is 0 Å². The SMILES string of the molecule is CCCNC(=O)[C@@H](C)N(Cc1ccc(OC)cc1)C(=O)CN(c1ccc2c(c1)OCCO2)S(=O)(=O)CC. The van der Waals surface area contributed by atoms with Crippen molar-refractivity contribution in [3.05, 3.63) is 48.0 Å². The molecular weight excluding hydrogens is 498 g/mol. The molecule has 11 heteroatoms. The highest BCUT2D eigenvalue weighted by Crippen LogP contribution is 2.35. The van der Waals surface area contributed by atoms with E-state index in [4.69, 9.17) is 14.2 Å². The van der Waals surface area contributed by atoms with Crippen LogP contribution in [0.3, 0.4) is 0 Å². The molecule has 37 heavy (non-hydrogen) atoms. The molecule has 1 aliphatic rings. The first-order valence-corrected chi connectivity index (χ1v) is 13.9. The molecule has 1 atom stereocenters. The summed E-state index contributed by atoms with van der Waals surface area (Å²) in [5.74, 6) is 0.552. The molecule has 0 fully saturated rings. The Hall–Kier alpha value is -3.47. The van der Waals surface area contributed by atoms with Gasteiger partial charge in [-0.05, 0) is 50.1 Å². The Kier molecular flexibility index (Phi) is 9.62. The molecule has 202 valence electrons. The van der Waals surface area contributed by atoms with E-state index in [2.05, 4.69) is 5.32 Å². The van der Waals surface area contributed by atoms with Gasteiger partial charge >= 0.3 is 0 Å². The topological polar surface area (TPSA) is 114 Å². The van der Waals surface area contributed by atoms with Crippen LogP contribution in [0.4, 0.5) is 5.69 Å². The maximum absolute atomic E-state index is 13.7. The first-order chi connectivity index (χ1) is 17.7. The predicted molar refractivity (Wildman–Crippen MR) is 141 cm³/mol. The van der Waals surface area contributed by atoms with E-state index in [-0.39, 0.29) is 23.9 Å². The first-order valence-electron chi connectivity index (χ1n) is 12.3. The second kappa shape index (κ2) is 12.7. The Morgan fingerprint density at radius 2 is 1.73 bits per heavy atom. The number of ether oxygens (including phenoxy) is 3. The molecule has 0 bridgehead atoms. The maximum atomic E-state index is 13.7. The third-order valence-electron chi connectivity index (χ3n) is 6.02. The van der Waals surface area contributed by atoms with E-state index in [9.17, 15) is 18.0 Å². The standard InChI is InChI=1S/C26H35N3O7S/c1-5-13-27-26(31)19(3)28(17-20-7-10-22(34-4)11-8-20)25(30)18-29(37(32,33)6-2)21-9-12-23-24(16-21)36-15-14-35-23/h7-12,16,19H,5-6,13-15,17-18H2,1-4H3,(H,27,31)/t19-/m1/s1. The van der Waals surface area contributed by atoms with E-state index in [1.165, 1.54) is 11.8 Å². The van der Waals surface area contributed by atoms with Crippen molar-refractivity contribution in [2.45, 2.75) is 39.8 Å². The molecule has 1 aliphatic heterocycles. The number of fused-ring (bicyclic) bond motifs is 1. The van der Waals surface area contributed by atoms with Gasteiger partial charge in [0.05, 0.1) is 18.6 Å². The molecule has 1 N–H and O–H groups in total. The van der Waals surface area contributed by atoms with Crippen molar-refractivity contribution in [1.82, 2.24) is 10.2 Å². The average molecular weight is 534 g/mol. The lowest BCUT2D eigenvalue weighted by Gasteiger charge is -2.32. The van der Waals surface area contributed by atoms with Crippen LogP contribution in [0.2, 0.25) is 0 Å². The molecule has 0 spiro atoms. The number of amides is 2. The summed E-state index contributed by atoms with van der Waals surface area (Å²) in [7, 11) is -2.28. The van der Waals surface area contributed by atoms with Crippen molar-refractivity contribution in [3.8, 4) is 17.2 Å². The summed E-state index contributed by atoms with van der Waals surface area (Å²) in [6.45, 7) is 5.95. The van der Waals surface area contributed by atoms with Crippen LogP contribution in [0.15, 0.2) is 42.5 Å². The van der Waals surface area contributed by atoms with E-state index >= 15 is 0 Å². The lowest BCUT2D eigenvalue weighted by Crippen LogP contribution is -2.51. The van der Waals surface area contributed by atoms with E-state index < -0.39 is 28.5 Å². The number of rotatable bonds is 12. The van der Waals surface area contributed by atoms with Gasteiger partial charge in [0.1, 0.15) is 31.5 Å². The highest BCUT2D eigenvalue weighted by molar-refractivity contribution is 7.92. The summed E-state index contributed by atoms with van der Waals surface area (Å²) in [4.78, 5) is 27.9. The largest absolute Gasteiger partial charge is 0.497 e. The summed E-state index contributed by atoms with van der Waals surface area (Å²) >= 11 is 0. The highest BCUT2D eigenvalue weighted by atomic mass is 32.2. The zero-order valence-electron chi connectivity index (χ0n) is 21.7. The molecule has 0 saturated carbocycles. The van der Waals surface area contributed by atoms with E-state index in [0.717, 1.165) is 16.3 Å². The van der Waals surface area contributed by atoms with Crippen LogP contribution in [0, 0.1) is 0 Å². The number of hydrogen-bond donors (Lipinski definition) is 1. The Labute approximate surface area is 218 Å². The Morgan fingerprint density at radius 3 is 2.35 bits per heavy atom. The number of carbonyl (C=O) groups excluding carboxylic acids is 2. The molecule has 2 aromatic carbocycles. The average Bonchev–Trinajstić information content (AvgIpc) is 2.92. The maximum Gasteiger partial charge on any atom is 0.244 e. The molecule has 0 unspecified atom stereocenters. The van der Waals surface area contributed by atoms with Crippen molar-refractivity contribution in [3.63, 3.8) is 0 Å². The van der Waals surface area contributed by atoms with E-state index in [1.54, 1.807) is 56.5 Å². The van der Waals surface area contributed by atoms with E-state index in [0.29, 0.717) is 37.0 Å². The minimum absolute atomic E-state index is 0.116. The van der Waals surface area contributed by atoms with E-state index in [1.807, 2.05) is 6.92 Å². The van der Waals surface area contributed by atoms with Crippen LogP contribution in [0.1, 0.15) is 32.8 Å². The van der Waals surface area contributed by atoms with Gasteiger partial charge in [-0.3, -0.25) is 13.9 Å². The molecule has 2 aromatic rings. The Bertz CT molecular complexity index is 1190. The lowest BCUT2D eigenvalue weighted by molar-refractivity contribution is -0.139. The zero-order valence-corrected chi connectivity index (χ0v) is 22.5. The predicted octanol–water partition coefficient (Wildman–Crippen LogP) is 2.57. The number of anilines is 1. The second-order valence-electron chi connectivity index (χ2n) is 8.57. The number of methoxy groups -OCH3 is 1. The fourth-order valence-electron chi connectivity index (χ4n) is 3.81.